The summed E-state index contributed by atoms with van der Waals surface area (Å²) < 4.78 is 0.893. The molecule has 12 nitrogen and oxygen atoms in total. The number of amides is 2. The van der Waals surface area contributed by atoms with E-state index in [0.717, 1.165) is 29.1 Å². The lowest BCUT2D eigenvalue weighted by atomic mass is 10.2. The Bertz CT molecular complexity index is 1210. The topological polar surface area (TPSA) is 176 Å². The van der Waals surface area contributed by atoms with Crippen molar-refractivity contribution in [3.05, 3.63) is 85.0 Å². The summed E-state index contributed by atoms with van der Waals surface area (Å²) in [5.41, 5.74) is 3.83. The molecule has 0 atom stereocenters. The van der Waals surface area contributed by atoms with E-state index < -0.39 is 33.0 Å². The number of aromatic nitrogens is 2. The molecule has 1 heterocycles. The van der Waals surface area contributed by atoms with Crippen LogP contribution >= 0.6 is 11.6 Å². The Morgan fingerprint density at radius 2 is 1.83 bits per heavy atom. The van der Waals surface area contributed by atoms with Crippen molar-refractivity contribution in [3.63, 3.8) is 0 Å². The number of hydrogen-bond donors (Lipinski definition) is 2. The predicted molar refractivity (Wildman–Crippen MR) is 105 cm³/mol. The lowest BCUT2D eigenvalue weighted by Gasteiger charge is -2.11. The van der Waals surface area contributed by atoms with Gasteiger partial charge in [0.2, 0.25) is 0 Å². The first kappa shape index (κ1) is 20.4. The van der Waals surface area contributed by atoms with E-state index in [9.17, 15) is 29.8 Å². The molecule has 0 bridgehead atoms. The van der Waals surface area contributed by atoms with Gasteiger partial charge in [0.1, 0.15) is 17.1 Å². The molecule has 0 radical (unpaired) electrons. The molecule has 2 aromatic carbocycles. The van der Waals surface area contributed by atoms with Crippen LogP contribution in [-0.4, -0.2) is 31.4 Å². The Morgan fingerprint density at radius 1 is 1.10 bits per heavy atom. The number of nitro groups is 2. The number of nitrogens with zero attached hydrogens (tertiary/aromatic N) is 4. The molecule has 1 aromatic heterocycles. The molecule has 30 heavy (non-hydrogen) atoms. The van der Waals surface area contributed by atoms with Crippen LogP contribution in [0.5, 0.6) is 0 Å². The zero-order valence-corrected chi connectivity index (χ0v) is 15.6. The van der Waals surface area contributed by atoms with Gasteiger partial charge in [-0.3, -0.25) is 29.8 Å². The van der Waals surface area contributed by atoms with Crippen molar-refractivity contribution in [1.82, 2.24) is 9.78 Å². The molecule has 152 valence electrons. The van der Waals surface area contributed by atoms with E-state index in [2.05, 4.69) is 10.4 Å². The Kier molecular flexibility index (Phi) is 5.42. The molecule has 0 unspecified atom stereocenters. The van der Waals surface area contributed by atoms with Crippen LogP contribution in [0.4, 0.5) is 17.2 Å². The second kappa shape index (κ2) is 7.97. The first-order valence-corrected chi connectivity index (χ1v) is 8.44. The first-order valence-electron chi connectivity index (χ1n) is 8.07. The molecule has 0 saturated heterocycles. The van der Waals surface area contributed by atoms with Crippen molar-refractivity contribution in [3.8, 4) is 5.69 Å². The maximum atomic E-state index is 12.6. The Hall–Kier alpha value is -4.32. The van der Waals surface area contributed by atoms with Gasteiger partial charge in [0.05, 0.1) is 22.1 Å². The highest BCUT2D eigenvalue weighted by Gasteiger charge is 2.26. The quantitative estimate of drug-likeness (QED) is 0.445. The van der Waals surface area contributed by atoms with E-state index >= 15 is 0 Å². The second-order valence-electron chi connectivity index (χ2n) is 5.83. The minimum atomic E-state index is -0.952. The van der Waals surface area contributed by atoms with Crippen molar-refractivity contribution in [2.24, 2.45) is 5.73 Å². The standard InChI is InChI=1S/C17H11ClN6O6/c18-10-3-1-2-9(6-10)17(26)21-16-12(15(19)25)8-20-22(16)13-5-4-11(23(27)28)7-14(13)24(29)30/h1-8H,(H2,19,25)(H,21,26). The van der Waals surface area contributed by atoms with Crippen LogP contribution in [-0.2, 0) is 0 Å². The molecule has 2 amide bonds. The number of carbonyl (C=O) groups is 2. The molecular weight excluding hydrogens is 420 g/mol. The van der Waals surface area contributed by atoms with Crippen LogP contribution < -0.4 is 11.1 Å². The number of rotatable bonds is 6. The van der Waals surface area contributed by atoms with E-state index in [-0.39, 0.29) is 27.7 Å². The van der Waals surface area contributed by atoms with Gasteiger partial charge >= 0.3 is 5.69 Å². The van der Waals surface area contributed by atoms with E-state index in [4.69, 9.17) is 17.3 Å². The first-order chi connectivity index (χ1) is 14.2. The van der Waals surface area contributed by atoms with Crippen molar-refractivity contribution in [2.75, 3.05) is 5.32 Å². The zero-order chi connectivity index (χ0) is 22.0. The fourth-order valence-corrected chi connectivity index (χ4v) is 2.78. The highest BCUT2D eigenvalue weighted by molar-refractivity contribution is 6.31. The van der Waals surface area contributed by atoms with E-state index in [0.29, 0.717) is 0 Å². The lowest BCUT2D eigenvalue weighted by Crippen LogP contribution is -2.20. The van der Waals surface area contributed by atoms with Crippen LogP contribution in [0, 0.1) is 20.2 Å². The molecule has 3 N–H and O–H groups in total. The number of non-ortho nitro benzene ring substituents is 1. The normalized spacial score (nSPS) is 10.4. The van der Waals surface area contributed by atoms with Gasteiger partial charge in [0.15, 0.2) is 0 Å². The van der Waals surface area contributed by atoms with Gasteiger partial charge in [-0.2, -0.15) is 5.10 Å². The number of nitro benzene ring substituents is 2. The molecule has 3 aromatic rings. The smallest absolute Gasteiger partial charge is 0.301 e. The largest absolute Gasteiger partial charge is 0.365 e. The van der Waals surface area contributed by atoms with Gasteiger partial charge in [0, 0.05) is 16.7 Å². The summed E-state index contributed by atoms with van der Waals surface area (Å²) in [6.45, 7) is 0. The van der Waals surface area contributed by atoms with Gasteiger partial charge in [-0.05, 0) is 24.3 Å². The molecule has 0 aliphatic rings. The van der Waals surface area contributed by atoms with Crippen LogP contribution in [0.3, 0.4) is 0 Å². The third kappa shape index (κ3) is 3.93. The van der Waals surface area contributed by atoms with Crippen molar-refractivity contribution in [1.29, 1.82) is 0 Å². The average molecular weight is 431 g/mol. The van der Waals surface area contributed by atoms with Crippen molar-refractivity contribution < 1.29 is 19.4 Å². The highest BCUT2D eigenvalue weighted by atomic mass is 35.5. The minimum absolute atomic E-state index is 0.142. The van der Waals surface area contributed by atoms with Gasteiger partial charge in [0.25, 0.3) is 17.5 Å². The second-order valence-corrected chi connectivity index (χ2v) is 6.27. The summed E-state index contributed by atoms with van der Waals surface area (Å²) in [7, 11) is 0. The van der Waals surface area contributed by atoms with Crippen LogP contribution in [0.1, 0.15) is 20.7 Å². The summed E-state index contributed by atoms with van der Waals surface area (Å²) in [5, 5.41) is 29.0. The third-order valence-electron chi connectivity index (χ3n) is 3.95. The summed E-state index contributed by atoms with van der Waals surface area (Å²) in [6, 6.07) is 8.75. The maximum absolute atomic E-state index is 12.6. The van der Waals surface area contributed by atoms with Crippen molar-refractivity contribution >= 4 is 40.6 Å². The lowest BCUT2D eigenvalue weighted by molar-refractivity contribution is -0.394. The Balaban J connectivity index is 2.14. The van der Waals surface area contributed by atoms with Crippen LogP contribution in [0.25, 0.3) is 5.69 Å². The zero-order valence-electron chi connectivity index (χ0n) is 14.8. The molecule has 0 saturated carbocycles. The highest BCUT2D eigenvalue weighted by Crippen LogP contribution is 2.31. The van der Waals surface area contributed by atoms with E-state index in [1.807, 2.05) is 0 Å². The van der Waals surface area contributed by atoms with Crippen LogP contribution in [0.2, 0.25) is 5.02 Å². The summed E-state index contributed by atoms with van der Waals surface area (Å²) in [6.07, 6.45) is 1.01. The number of hydrogen-bond acceptors (Lipinski definition) is 7. The molecule has 0 aliphatic heterocycles. The van der Waals surface area contributed by atoms with E-state index in [1.165, 1.54) is 18.2 Å². The number of nitrogens with one attached hydrogen (secondary N) is 1. The number of carbonyl (C=O) groups excluding carboxylic acids is 2. The summed E-state index contributed by atoms with van der Waals surface area (Å²) in [5.74, 6) is -1.89. The van der Waals surface area contributed by atoms with Crippen LogP contribution in [0.15, 0.2) is 48.7 Å². The molecular formula is C17H11ClN6O6. The molecule has 0 fully saturated rings. The Labute approximate surface area is 172 Å². The molecule has 3 rings (SSSR count). The van der Waals surface area contributed by atoms with Gasteiger partial charge < -0.3 is 11.1 Å². The van der Waals surface area contributed by atoms with Gasteiger partial charge in [-0.25, -0.2) is 4.68 Å². The number of anilines is 1. The van der Waals surface area contributed by atoms with Gasteiger partial charge in [-0.15, -0.1) is 0 Å². The molecule has 0 spiro atoms. The predicted octanol–water partition coefficient (Wildman–Crippen LogP) is 2.69. The SMILES string of the molecule is NC(=O)c1cnn(-c2ccc([N+](=O)[O-])cc2[N+](=O)[O-])c1NC(=O)c1cccc(Cl)c1. The van der Waals surface area contributed by atoms with E-state index in [1.54, 1.807) is 6.07 Å². The molecule has 13 heteroatoms. The molecule has 0 aliphatic carbocycles. The van der Waals surface area contributed by atoms with Gasteiger partial charge in [-0.1, -0.05) is 17.7 Å². The average Bonchev–Trinajstić information content (AvgIpc) is 3.10. The monoisotopic (exact) mass is 430 g/mol. The Morgan fingerprint density at radius 3 is 2.43 bits per heavy atom. The fourth-order valence-electron chi connectivity index (χ4n) is 2.59. The fraction of sp³-hybridized carbons (Fsp3) is 0. The third-order valence-corrected chi connectivity index (χ3v) is 4.18. The minimum Gasteiger partial charge on any atom is -0.365 e. The number of nitrogens with two attached hydrogens (primary N) is 1. The maximum Gasteiger partial charge on any atom is 0.301 e. The number of primary amides is 1. The summed E-state index contributed by atoms with van der Waals surface area (Å²) in [4.78, 5) is 45.1. The van der Waals surface area contributed by atoms with Crippen molar-refractivity contribution in [2.45, 2.75) is 0 Å². The number of halogens is 1. The summed E-state index contributed by atoms with van der Waals surface area (Å²) >= 11 is 5.87. The number of benzene rings is 2.